The number of nitrogens with one attached hydrogen (secondary N) is 1. The number of halogens is 4. The molecule has 1 fully saturated rings. The lowest BCUT2D eigenvalue weighted by Crippen LogP contribution is -2.33. The first-order valence-corrected chi connectivity index (χ1v) is 9.40. The molecule has 2 rings (SSSR count). The van der Waals surface area contributed by atoms with E-state index in [2.05, 4.69) is 29.1 Å². The molecule has 1 heterocycles. The number of rotatable bonds is 5. The fourth-order valence-corrected chi connectivity index (χ4v) is 3.02. The molecule has 0 aliphatic carbocycles. The van der Waals surface area contributed by atoms with Gasteiger partial charge in [0, 0.05) is 29.2 Å². The van der Waals surface area contributed by atoms with Crippen LogP contribution in [0.4, 0.5) is 18.9 Å². The zero-order valence-electron chi connectivity index (χ0n) is 14.6. The van der Waals surface area contributed by atoms with Crippen LogP contribution in [0, 0.1) is 0 Å². The Balaban J connectivity index is 2.01. The van der Waals surface area contributed by atoms with Crippen molar-refractivity contribution >= 4 is 43.7 Å². The molecule has 1 saturated heterocycles. The first-order chi connectivity index (χ1) is 12.8. The number of guanidine groups is 1. The minimum Gasteiger partial charge on any atom is -0.324 e. The van der Waals surface area contributed by atoms with Crippen LogP contribution < -0.4 is 5.32 Å². The third-order valence-electron chi connectivity index (χ3n) is 3.73. The van der Waals surface area contributed by atoms with E-state index >= 15 is 0 Å². The molecule has 4 nitrogen and oxygen atoms in total. The topological polar surface area (TPSA) is 40.0 Å². The van der Waals surface area contributed by atoms with Crippen LogP contribution in [-0.2, 0) is 0 Å². The molecule has 27 heavy (non-hydrogen) atoms. The van der Waals surface area contributed by atoms with Gasteiger partial charge in [-0.25, -0.2) is 9.98 Å². The van der Waals surface area contributed by atoms with Crippen molar-refractivity contribution < 1.29 is 13.2 Å². The molecule has 0 bridgehead atoms. The lowest BCUT2D eigenvalue weighted by atomic mass is 10.1. The normalized spacial score (nSPS) is 17.0. The number of nitrogens with zero attached hydrogens (tertiary/aromatic N) is 3. The molecule has 0 saturated carbocycles. The molecule has 0 aromatic heterocycles. The second-order valence-corrected chi connectivity index (χ2v) is 6.88. The zero-order valence-corrected chi connectivity index (χ0v) is 16.4. The summed E-state index contributed by atoms with van der Waals surface area (Å²) in [6.45, 7) is 2.16. The van der Waals surface area contributed by atoms with Gasteiger partial charge in [0.2, 0.25) is 5.96 Å². The second-order valence-electron chi connectivity index (χ2n) is 5.93. The fraction of sp³-hybridized carbons (Fsp3) is 0.389. The van der Waals surface area contributed by atoms with Crippen LogP contribution in [0.5, 0.6) is 0 Å². The standard InChI is InChI=1S/C18H21ClF3N4P/c19-14-6-4-7-15(12-14)25-17(24-13-18(20,21)22)23-9-5-8-16(27)26-10-2-1-3-11-26/h4-8,12-13,27H,1-3,9-11H2,(H,23,25)/b8-5+,24-13+. The summed E-state index contributed by atoms with van der Waals surface area (Å²) < 4.78 is 37.3. The number of anilines is 1. The smallest absolute Gasteiger partial charge is 0.324 e. The summed E-state index contributed by atoms with van der Waals surface area (Å²) in [4.78, 5) is 9.72. The monoisotopic (exact) mass is 416 g/mol. The van der Waals surface area contributed by atoms with Gasteiger partial charge in [0.25, 0.3) is 0 Å². The number of likely N-dealkylation sites (tertiary alicyclic amines) is 1. The predicted octanol–water partition coefficient (Wildman–Crippen LogP) is 5.06. The number of hydrogen-bond acceptors (Lipinski definition) is 1. The Morgan fingerprint density at radius 3 is 2.67 bits per heavy atom. The molecule has 9 heteroatoms. The van der Waals surface area contributed by atoms with Crippen molar-refractivity contribution in [3.63, 3.8) is 0 Å². The maximum Gasteiger partial charge on any atom is 0.426 e. The number of benzene rings is 1. The van der Waals surface area contributed by atoms with Crippen LogP contribution in [0.1, 0.15) is 19.3 Å². The first-order valence-electron chi connectivity index (χ1n) is 8.52. The minimum atomic E-state index is -4.52. The Kier molecular flexibility index (Phi) is 8.48. The van der Waals surface area contributed by atoms with Crippen LogP contribution >= 0.6 is 20.5 Å². The molecule has 146 valence electrons. The number of alkyl halides is 3. The Morgan fingerprint density at radius 1 is 1.26 bits per heavy atom. The van der Waals surface area contributed by atoms with Gasteiger partial charge in [0.05, 0.1) is 6.54 Å². The number of piperidine rings is 1. The minimum absolute atomic E-state index is 0.0947. The fourth-order valence-electron chi connectivity index (χ4n) is 2.49. The van der Waals surface area contributed by atoms with E-state index in [1.54, 1.807) is 30.3 Å². The van der Waals surface area contributed by atoms with Crippen molar-refractivity contribution in [1.82, 2.24) is 4.90 Å². The molecule has 1 aliphatic heterocycles. The summed E-state index contributed by atoms with van der Waals surface area (Å²) in [5, 5.41) is 3.21. The van der Waals surface area contributed by atoms with Crippen LogP contribution in [0.3, 0.4) is 0 Å². The molecule has 0 radical (unpaired) electrons. The van der Waals surface area contributed by atoms with Crippen molar-refractivity contribution in [2.75, 3.05) is 25.0 Å². The summed E-state index contributed by atoms with van der Waals surface area (Å²) in [6, 6.07) is 6.59. The van der Waals surface area contributed by atoms with Crippen LogP contribution in [0.2, 0.25) is 5.02 Å². The maximum atomic E-state index is 12.4. The third kappa shape index (κ3) is 8.69. The lowest BCUT2D eigenvalue weighted by molar-refractivity contribution is -0.0534. The largest absolute Gasteiger partial charge is 0.426 e. The number of aliphatic imine (C=N–C) groups is 2. The van der Waals surface area contributed by atoms with E-state index in [1.807, 2.05) is 6.08 Å². The summed E-state index contributed by atoms with van der Waals surface area (Å²) in [5.74, 6) is -0.146. The van der Waals surface area contributed by atoms with Gasteiger partial charge in [-0.1, -0.05) is 30.2 Å². The molecule has 0 spiro atoms. The highest BCUT2D eigenvalue weighted by Crippen LogP contribution is 2.16. The molecular formula is C18H21ClF3N4P. The van der Waals surface area contributed by atoms with Gasteiger partial charge >= 0.3 is 6.18 Å². The van der Waals surface area contributed by atoms with Gasteiger partial charge in [0.1, 0.15) is 6.21 Å². The van der Waals surface area contributed by atoms with Crippen LogP contribution in [-0.4, -0.2) is 48.3 Å². The summed E-state index contributed by atoms with van der Waals surface area (Å²) in [7, 11) is 3.58. The quantitative estimate of drug-likeness (QED) is 0.414. The van der Waals surface area contributed by atoms with Gasteiger partial charge in [0.15, 0.2) is 0 Å². The highest BCUT2D eigenvalue weighted by atomic mass is 35.5. The van der Waals surface area contributed by atoms with Gasteiger partial charge in [-0.05, 0) is 37.1 Å². The highest BCUT2D eigenvalue weighted by molar-refractivity contribution is 7.21. The summed E-state index contributed by atoms with van der Waals surface area (Å²) >= 11 is 5.89. The molecule has 1 aromatic rings. The Hall–Kier alpha value is -1.69. The van der Waals surface area contributed by atoms with E-state index in [1.165, 1.54) is 6.42 Å². The Bertz CT molecular complexity index is 726. The maximum absolute atomic E-state index is 12.4. The molecule has 0 atom stereocenters. The number of hydrogen-bond donors (Lipinski definition) is 1. The van der Waals surface area contributed by atoms with Crippen molar-refractivity contribution in [2.45, 2.75) is 25.4 Å². The van der Waals surface area contributed by atoms with E-state index in [4.69, 9.17) is 11.6 Å². The predicted molar refractivity (Wildman–Crippen MR) is 110 cm³/mol. The van der Waals surface area contributed by atoms with Crippen molar-refractivity contribution in [3.8, 4) is 0 Å². The zero-order chi connectivity index (χ0) is 19.7. The van der Waals surface area contributed by atoms with Crippen LogP contribution in [0.25, 0.3) is 0 Å². The third-order valence-corrected chi connectivity index (χ3v) is 4.45. The molecule has 0 unspecified atom stereocenters. The van der Waals surface area contributed by atoms with Crippen molar-refractivity contribution in [1.29, 1.82) is 0 Å². The van der Waals surface area contributed by atoms with Gasteiger partial charge in [-0.2, -0.15) is 13.2 Å². The van der Waals surface area contributed by atoms with Gasteiger partial charge < -0.3 is 5.32 Å². The van der Waals surface area contributed by atoms with E-state index in [0.29, 0.717) is 10.7 Å². The van der Waals surface area contributed by atoms with Crippen molar-refractivity contribution in [3.05, 3.63) is 41.4 Å². The summed E-state index contributed by atoms with van der Waals surface area (Å²) in [5.41, 5.74) is 1.44. The summed E-state index contributed by atoms with van der Waals surface area (Å²) in [6.07, 6.45) is 2.55. The SMILES string of the molecule is FC(F)(F)/C=N/C(=NC/C=C/C(=P)N1CCCCC1)Nc1cccc(Cl)c1. The molecule has 1 aromatic carbocycles. The average molecular weight is 417 g/mol. The van der Waals surface area contributed by atoms with E-state index in [9.17, 15) is 13.2 Å². The molecule has 0 amide bonds. The first kappa shape index (κ1) is 21.6. The molecule has 1 N–H and O–H groups in total. The van der Waals surface area contributed by atoms with Crippen molar-refractivity contribution in [2.24, 2.45) is 9.98 Å². The highest BCUT2D eigenvalue weighted by Gasteiger charge is 2.24. The second kappa shape index (κ2) is 10.6. The molecule has 1 aliphatic rings. The van der Waals surface area contributed by atoms with Crippen LogP contribution in [0.15, 0.2) is 46.4 Å². The van der Waals surface area contributed by atoms with Gasteiger partial charge in [-0.15, -0.1) is 8.86 Å². The van der Waals surface area contributed by atoms with E-state index < -0.39 is 6.18 Å². The Labute approximate surface area is 164 Å². The van der Waals surface area contributed by atoms with Gasteiger partial charge in [-0.3, -0.25) is 4.90 Å². The molecular weight excluding hydrogens is 396 g/mol. The van der Waals surface area contributed by atoms with E-state index in [0.717, 1.165) is 31.3 Å². The average Bonchev–Trinajstić information content (AvgIpc) is 2.63. The van der Waals surface area contributed by atoms with E-state index in [-0.39, 0.29) is 18.7 Å². The lowest BCUT2D eigenvalue weighted by Gasteiger charge is -2.26. The Morgan fingerprint density at radius 2 is 2.00 bits per heavy atom.